The largest absolute Gasteiger partial charge is 0.323 e. The molecule has 2 aromatic rings. The summed E-state index contributed by atoms with van der Waals surface area (Å²) in [5.41, 5.74) is 8.69. The van der Waals surface area contributed by atoms with Gasteiger partial charge in [-0.05, 0) is 43.5 Å². The van der Waals surface area contributed by atoms with Crippen LogP contribution in [0.2, 0.25) is 0 Å². The van der Waals surface area contributed by atoms with Crippen molar-refractivity contribution in [3.63, 3.8) is 0 Å². The Bertz CT molecular complexity index is 724. The maximum Gasteiger partial charge on any atom is 0.183 e. The Hall–Kier alpha value is -1.65. The van der Waals surface area contributed by atoms with Gasteiger partial charge in [0.05, 0.1) is 10.1 Å². The van der Waals surface area contributed by atoms with E-state index in [0.29, 0.717) is 4.90 Å². The Labute approximate surface area is 126 Å². The summed E-state index contributed by atoms with van der Waals surface area (Å²) >= 11 is 0. The third-order valence-corrected chi connectivity index (χ3v) is 6.15. The van der Waals surface area contributed by atoms with E-state index in [1.807, 2.05) is 56.3 Å². The van der Waals surface area contributed by atoms with Crippen molar-refractivity contribution in [2.45, 2.75) is 37.0 Å². The second kappa shape index (κ2) is 6.00. The third-order valence-electron chi connectivity index (χ3n) is 3.83. The van der Waals surface area contributed by atoms with Crippen molar-refractivity contribution in [1.82, 2.24) is 0 Å². The molecule has 0 saturated heterocycles. The SMILES string of the molecule is Cc1ccc(C)c(S(=O)(=O)C(C)C(N)c2ccccc2)c1. The van der Waals surface area contributed by atoms with E-state index in [1.54, 1.807) is 13.0 Å². The van der Waals surface area contributed by atoms with Crippen molar-refractivity contribution in [1.29, 1.82) is 0 Å². The maximum absolute atomic E-state index is 12.8. The number of aryl methyl sites for hydroxylation is 2. The third kappa shape index (κ3) is 3.17. The normalized spacial score (nSPS) is 14.7. The number of rotatable bonds is 4. The fraction of sp³-hybridized carbons (Fsp3) is 0.294. The molecule has 0 bridgehead atoms. The molecule has 2 aromatic carbocycles. The monoisotopic (exact) mass is 303 g/mol. The van der Waals surface area contributed by atoms with E-state index in [0.717, 1.165) is 16.7 Å². The maximum atomic E-state index is 12.8. The molecule has 21 heavy (non-hydrogen) atoms. The van der Waals surface area contributed by atoms with Crippen molar-refractivity contribution >= 4 is 9.84 Å². The van der Waals surface area contributed by atoms with Crippen molar-refractivity contribution in [2.24, 2.45) is 5.73 Å². The lowest BCUT2D eigenvalue weighted by atomic mass is 10.1. The lowest BCUT2D eigenvalue weighted by Gasteiger charge is -2.22. The van der Waals surface area contributed by atoms with E-state index in [-0.39, 0.29) is 0 Å². The highest BCUT2D eigenvalue weighted by atomic mass is 32.2. The Morgan fingerprint density at radius 2 is 1.62 bits per heavy atom. The van der Waals surface area contributed by atoms with Crippen molar-refractivity contribution < 1.29 is 8.42 Å². The fourth-order valence-corrected chi connectivity index (χ4v) is 4.16. The molecule has 0 aliphatic carbocycles. The minimum Gasteiger partial charge on any atom is -0.323 e. The van der Waals surface area contributed by atoms with Crippen LogP contribution in [0.4, 0.5) is 0 Å². The van der Waals surface area contributed by atoms with Gasteiger partial charge >= 0.3 is 0 Å². The zero-order valence-electron chi connectivity index (χ0n) is 12.6. The van der Waals surface area contributed by atoms with Crippen LogP contribution in [0.3, 0.4) is 0 Å². The lowest BCUT2D eigenvalue weighted by Crippen LogP contribution is -2.31. The van der Waals surface area contributed by atoms with Gasteiger partial charge in [-0.15, -0.1) is 0 Å². The first-order chi connectivity index (χ1) is 9.84. The average molecular weight is 303 g/mol. The first kappa shape index (κ1) is 15.7. The number of hydrogen-bond acceptors (Lipinski definition) is 3. The zero-order chi connectivity index (χ0) is 15.6. The van der Waals surface area contributed by atoms with E-state index in [2.05, 4.69) is 0 Å². The molecular formula is C17H21NO2S. The van der Waals surface area contributed by atoms with Crippen molar-refractivity contribution in [3.05, 3.63) is 65.2 Å². The van der Waals surface area contributed by atoms with Gasteiger partial charge in [0.25, 0.3) is 0 Å². The van der Waals surface area contributed by atoms with E-state index in [1.165, 1.54) is 0 Å². The summed E-state index contributed by atoms with van der Waals surface area (Å²) in [4.78, 5) is 0.376. The van der Waals surface area contributed by atoms with Crippen LogP contribution < -0.4 is 5.73 Å². The average Bonchev–Trinajstić information content (AvgIpc) is 2.49. The van der Waals surface area contributed by atoms with Gasteiger partial charge in [0.1, 0.15) is 0 Å². The van der Waals surface area contributed by atoms with Crippen LogP contribution in [-0.4, -0.2) is 13.7 Å². The summed E-state index contributed by atoms with van der Waals surface area (Å²) < 4.78 is 25.7. The van der Waals surface area contributed by atoms with E-state index < -0.39 is 21.1 Å². The van der Waals surface area contributed by atoms with Crippen LogP contribution in [0, 0.1) is 13.8 Å². The van der Waals surface area contributed by atoms with Crippen LogP contribution in [0.25, 0.3) is 0 Å². The molecule has 0 spiro atoms. The van der Waals surface area contributed by atoms with Crippen LogP contribution in [-0.2, 0) is 9.84 Å². The molecule has 2 unspecified atom stereocenters. The number of nitrogens with two attached hydrogens (primary N) is 1. The number of benzene rings is 2. The first-order valence-corrected chi connectivity index (χ1v) is 8.50. The smallest absolute Gasteiger partial charge is 0.183 e. The van der Waals surface area contributed by atoms with Gasteiger partial charge in [-0.3, -0.25) is 0 Å². The molecule has 0 aliphatic heterocycles. The van der Waals surface area contributed by atoms with Gasteiger partial charge in [-0.2, -0.15) is 0 Å². The summed E-state index contributed by atoms with van der Waals surface area (Å²) in [7, 11) is -3.46. The first-order valence-electron chi connectivity index (χ1n) is 6.95. The fourth-order valence-electron chi connectivity index (χ4n) is 2.35. The summed E-state index contributed by atoms with van der Waals surface area (Å²) in [5.74, 6) is 0. The molecule has 0 fully saturated rings. The standard InChI is InChI=1S/C17H21NO2S/c1-12-9-10-13(2)16(11-12)21(19,20)14(3)17(18)15-7-5-4-6-8-15/h4-11,14,17H,18H2,1-3H3. The Morgan fingerprint density at radius 1 is 1.00 bits per heavy atom. The molecule has 0 radical (unpaired) electrons. The zero-order valence-corrected chi connectivity index (χ0v) is 13.4. The lowest BCUT2D eigenvalue weighted by molar-refractivity contribution is 0.564. The van der Waals surface area contributed by atoms with Gasteiger partial charge in [0.2, 0.25) is 0 Å². The Balaban J connectivity index is 2.41. The highest BCUT2D eigenvalue weighted by Crippen LogP contribution is 2.27. The molecule has 0 aromatic heterocycles. The topological polar surface area (TPSA) is 60.2 Å². The molecule has 0 aliphatic rings. The van der Waals surface area contributed by atoms with Crippen molar-refractivity contribution in [2.75, 3.05) is 0 Å². The second-order valence-corrected chi connectivity index (χ2v) is 7.73. The predicted molar refractivity (Wildman–Crippen MR) is 85.9 cm³/mol. The summed E-state index contributed by atoms with van der Waals surface area (Å²) in [6.45, 7) is 5.38. The molecule has 0 amide bonds. The molecular weight excluding hydrogens is 282 g/mol. The van der Waals surface area contributed by atoms with Crippen LogP contribution >= 0.6 is 0 Å². The quantitative estimate of drug-likeness (QED) is 0.943. The van der Waals surface area contributed by atoms with Crippen molar-refractivity contribution in [3.8, 4) is 0 Å². The van der Waals surface area contributed by atoms with Crippen LogP contribution in [0.1, 0.15) is 29.7 Å². The molecule has 4 heteroatoms. The van der Waals surface area contributed by atoms with Gasteiger partial charge in [0, 0.05) is 6.04 Å². The predicted octanol–water partition coefficient (Wildman–Crippen LogP) is 3.17. The molecule has 2 N–H and O–H groups in total. The summed E-state index contributed by atoms with van der Waals surface area (Å²) in [6.07, 6.45) is 0. The van der Waals surface area contributed by atoms with Gasteiger partial charge in [-0.1, -0.05) is 42.5 Å². The molecule has 112 valence electrons. The highest BCUT2D eigenvalue weighted by Gasteiger charge is 2.30. The van der Waals surface area contributed by atoms with Crippen LogP contribution in [0.15, 0.2) is 53.4 Å². The Kier molecular flexibility index (Phi) is 4.49. The minimum atomic E-state index is -3.46. The molecule has 2 rings (SSSR count). The van der Waals surface area contributed by atoms with Crippen LogP contribution in [0.5, 0.6) is 0 Å². The Morgan fingerprint density at radius 3 is 2.24 bits per heavy atom. The summed E-state index contributed by atoms with van der Waals surface area (Å²) in [5, 5.41) is -0.680. The van der Waals surface area contributed by atoms with Gasteiger partial charge in [-0.25, -0.2) is 8.42 Å². The highest BCUT2D eigenvalue weighted by molar-refractivity contribution is 7.92. The van der Waals surface area contributed by atoms with E-state index in [9.17, 15) is 8.42 Å². The minimum absolute atomic E-state index is 0.376. The molecule has 0 heterocycles. The number of hydrogen-bond donors (Lipinski definition) is 1. The van der Waals surface area contributed by atoms with E-state index >= 15 is 0 Å². The second-order valence-electron chi connectivity index (χ2n) is 5.46. The molecule has 0 saturated carbocycles. The van der Waals surface area contributed by atoms with Gasteiger partial charge < -0.3 is 5.73 Å². The van der Waals surface area contributed by atoms with E-state index in [4.69, 9.17) is 5.73 Å². The molecule has 3 nitrogen and oxygen atoms in total. The molecule has 2 atom stereocenters. The number of sulfone groups is 1. The summed E-state index contributed by atoms with van der Waals surface area (Å²) in [6, 6.07) is 14.3. The van der Waals surface area contributed by atoms with Gasteiger partial charge in [0.15, 0.2) is 9.84 Å².